The highest BCUT2D eigenvalue weighted by molar-refractivity contribution is 4.85. The summed E-state index contributed by atoms with van der Waals surface area (Å²) in [6.45, 7) is 7.77. The smallest absolute Gasteiger partial charge is 0.0672 e. The van der Waals surface area contributed by atoms with Gasteiger partial charge in [-0.2, -0.15) is 0 Å². The molecular weight excluding hydrogens is 164 g/mol. The first-order valence-electron chi connectivity index (χ1n) is 5.34. The number of rotatable bonds is 6. The van der Waals surface area contributed by atoms with E-state index in [1.165, 1.54) is 0 Å². The summed E-state index contributed by atoms with van der Waals surface area (Å²) in [6.07, 6.45) is 3.64. The van der Waals surface area contributed by atoms with Gasteiger partial charge in [0.05, 0.1) is 11.2 Å². The van der Waals surface area contributed by atoms with Crippen molar-refractivity contribution in [1.82, 2.24) is 0 Å². The Morgan fingerprint density at radius 3 is 1.85 bits per heavy atom. The summed E-state index contributed by atoms with van der Waals surface area (Å²) >= 11 is 0. The average Bonchev–Trinajstić information content (AvgIpc) is 2.04. The predicted octanol–water partition coefficient (Wildman–Crippen LogP) is 2.48. The van der Waals surface area contributed by atoms with Crippen LogP contribution in [0.2, 0.25) is 0 Å². The molecule has 2 nitrogen and oxygen atoms in total. The second-order valence-corrected chi connectivity index (χ2v) is 4.36. The third-order valence-electron chi connectivity index (χ3n) is 2.85. The van der Waals surface area contributed by atoms with Crippen LogP contribution in [0.4, 0.5) is 0 Å². The highest BCUT2D eigenvalue weighted by atomic mass is 16.3. The molecule has 2 heteroatoms. The van der Waals surface area contributed by atoms with Crippen LogP contribution >= 0.6 is 0 Å². The Kier molecular flexibility index (Phi) is 4.93. The Balaban J connectivity index is 4.25. The van der Waals surface area contributed by atoms with E-state index >= 15 is 0 Å². The Morgan fingerprint density at radius 1 is 1.00 bits per heavy atom. The lowest BCUT2D eigenvalue weighted by molar-refractivity contribution is -0.0635. The van der Waals surface area contributed by atoms with Crippen molar-refractivity contribution in [3.63, 3.8) is 0 Å². The van der Waals surface area contributed by atoms with Crippen LogP contribution in [0.15, 0.2) is 0 Å². The highest BCUT2D eigenvalue weighted by Crippen LogP contribution is 2.29. The molecule has 0 amide bonds. The zero-order valence-electron chi connectivity index (χ0n) is 9.43. The molecule has 0 radical (unpaired) electrons. The van der Waals surface area contributed by atoms with Gasteiger partial charge in [0.2, 0.25) is 0 Å². The molecule has 0 fully saturated rings. The minimum absolute atomic E-state index is 0.487. The van der Waals surface area contributed by atoms with Crippen molar-refractivity contribution < 1.29 is 10.2 Å². The van der Waals surface area contributed by atoms with Crippen molar-refractivity contribution in [3.05, 3.63) is 0 Å². The van der Waals surface area contributed by atoms with Crippen molar-refractivity contribution in [2.24, 2.45) is 0 Å². The van der Waals surface area contributed by atoms with Crippen LogP contribution in [0.1, 0.15) is 59.8 Å². The fraction of sp³-hybridized carbons (Fsp3) is 1.00. The van der Waals surface area contributed by atoms with Crippen molar-refractivity contribution in [1.29, 1.82) is 0 Å². The van der Waals surface area contributed by atoms with E-state index in [1.54, 1.807) is 6.92 Å². The van der Waals surface area contributed by atoms with Crippen LogP contribution in [-0.4, -0.2) is 21.4 Å². The van der Waals surface area contributed by atoms with Gasteiger partial charge in [-0.25, -0.2) is 0 Å². The Hall–Kier alpha value is -0.0800. The molecule has 0 aliphatic rings. The summed E-state index contributed by atoms with van der Waals surface area (Å²) in [5.74, 6) is 0. The average molecular weight is 188 g/mol. The molecule has 0 aromatic heterocycles. The van der Waals surface area contributed by atoms with E-state index in [0.717, 1.165) is 19.3 Å². The van der Waals surface area contributed by atoms with Crippen LogP contribution in [0.25, 0.3) is 0 Å². The lowest BCUT2D eigenvalue weighted by atomic mass is 9.82. The number of aliphatic hydroxyl groups is 2. The van der Waals surface area contributed by atoms with Gasteiger partial charge in [-0.15, -0.1) is 0 Å². The molecule has 0 spiro atoms. The molecular formula is C11H24O2. The summed E-state index contributed by atoms with van der Waals surface area (Å²) in [6, 6.07) is 0. The monoisotopic (exact) mass is 188 g/mol. The van der Waals surface area contributed by atoms with Gasteiger partial charge in [0.1, 0.15) is 0 Å². The van der Waals surface area contributed by atoms with E-state index in [2.05, 4.69) is 6.92 Å². The Morgan fingerprint density at radius 2 is 1.54 bits per heavy atom. The quantitative estimate of drug-likeness (QED) is 0.672. The Labute approximate surface area is 82.0 Å². The maximum absolute atomic E-state index is 10.1. The molecule has 2 N–H and O–H groups in total. The van der Waals surface area contributed by atoms with Gasteiger partial charge in [-0.1, -0.05) is 27.2 Å². The van der Waals surface area contributed by atoms with E-state index < -0.39 is 11.2 Å². The highest BCUT2D eigenvalue weighted by Gasteiger charge is 2.32. The van der Waals surface area contributed by atoms with E-state index in [0.29, 0.717) is 12.8 Å². The summed E-state index contributed by atoms with van der Waals surface area (Å²) in [5, 5.41) is 20.0. The van der Waals surface area contributed by atoms with Gasteiger partial charge < -0.3 is 10.2 Å². The third kappa shape index (κ3) is 4.63. The molecule has 0 saturated carbocycles. The van der Waals surface area contributed by atoms with Gasteiger partial charge in [-0.05, 0) is 26.2 Å². The van der Waals surface area contributed by atoms with Crippen molar-refractivity contribution in [2.75, 3.05) is 0 Å². The molecule has 0 aromatic rings. The molecule has 0 aliphatic carbocycles. The van der Waals surface area contributed by atoms with E-state index in [-0.39, 0.29) is 0 Å². The zero-order chi connectivity index (χ0) is 10.5. The first-order chi connectivity index (χ1) is 5.89. The molecule has 0 bridgehead atoms. The summed E-state index contributed by atoms with van der Waals surface area (Å²) in [7, 11) is 0. The number of hydrogen-bond donors (Lipinski definition) is 2. The predicted molar refractivity (Wildman–Crippen MR) is 55.7 cm³/mol. The zero-order valence-corrected chi connectivity index (χ0v) is 9.43. The molecule has 2 unspecified atom stereocenters. The minimum Gasteiger partial charge on any atom is -0.390 e. The molecule has 0 aliphatic heterocycles. The van der Waals surface area contributed by atoms with Crippen molar-refractivity contribution in [3.8, 4) is 0 Å². The van der Waals surface area contributed by atoms with Crippen molar-refractivity contribution >= 4 is 0 Å². The summed E-state index contributed by atoms with van der Waals surface area (Å²) in [4.78, 5) is 0. The first kappa shape index (κ1) is 12.9. The molecule has 0 aromatic carbocycles. The lowest BCUT2D eigenvalue weighted by Gasteiger charge is -2.34. The molecule has 13 heavy (non-hydrogen) atoms. The van der Waals surface area contributed by atoms with Gasteiger partial charge in [0, 0.05) is 6.42 Å². The fourth-order valence-electron chi connectivity index (χ4n) is 1.69. The van der Waals surface area contributed by atoms with E-state index in [9.17, 15) is 10.2 Å². The molecule has 0 heterocycles. The SMILES string of the molecule is CCCC(O)(CC)CC(C)(O)CC. The standard InChI is InChI=1S/C11H24O2/c1-5-8-11(13,7-3)9-10(4,12)6-2/h12-13H,5-9H2,1-4H3. The maximum Gasteiger partial charge on any atom is 0.0672 e. The normalized spacial score (nSPS) is 20.8. The van der Waals surface area contributed by atoms with E-state index in [1.807, 2.05) is 13.8 Å². The topological polar surface area (TPSA) is 40.5 Å². The van der Waals surface area contributed by atoms with Crippen LogP contribution in [-0.2, 0) is 0 Å². The second-order valence-electron chi connectivity index (χ2n) is 4.36. The van der Waals surface area contributed by atoms with E-state index in [4.69, 9.17) is 0 Å². The van der Waals surface area contributed by atoms with Crippen LogP contribution in [0, 0.1) is 0 Å². The summed E-state index contributed by atoms with van der Waals surface area (Å²) < 4.78 is 0. The molecule has 0 saturated heterocycles. The number of hydrogen-bond acceptors (Lipinski definition) is 2. The molecule has 0 rings (SSSR count). The second kappa shape index (κ2) is 4.97. The van der Waals surface area contributed by atoms with Crippen molar-refractivity contribution in [2.45, 2.75) is 71.0 Å². The Bertz CT molecular complexity index is 143. The molecule has 2 atom stereocenters. The lowest BCUT2D eigenvalue weighted by Crippen LogP contribution is -2.38. The fourth-order valence-corrected chi connectivity index (χ4v) is 1.69. The van der Waals surface area contributed by atoms with Crippen LogP contribution < -0.4 is 0 Å². The van der Waals surface area contributed by atoms with Crippen LogP contribution in [0.3, 0.4) is 0 Å². The largest absolute Gasteiger partial charge is 0.390 e. The van der Waals surface area contributed by atoms with Gasteiger partial charge in [0.15, 0.2) is 0 Å². The maximum atomic E-state index is 10.1. The van der Waals surface area contributed by atoms with Gasteiger partial charge in [-0.3, -0.25) is 0 Å². The van der Waals surface area contributed by atoms with Crippen LogP contribution in [0.5, 0.6) is 0 Å². The minimum atomic E-state index is -0.722. The summed E-state index contributed by atoms with van der Waals surface area (Å²) in [5.41, 5.74) is -1.39. The third-order valence-corrected chi connectivity index (χ3v) is 2.85. The van der Waals surface area contributed by atoms with Gasteiger partial charge in [0.25, 0.3) is 0 Å². The van der Waals surface area contributed by atoms with Gasteiger partial charge >= 0.3 is 0 Å². The first-order valence-corrected chi connectivity index (χ1v) is 5.34. The molecule has 80 valence electrons.